The molecule has 5 nitrogen and oxygen atoms in total. The van der Waals surface area contributed by atoms with Crippen LogP contribution in [0.25, 0.3) is 0 Å². The van der Waals surface area contributed by atoms with Crippen molar-refractivity contribution in [2.75, 3.05) is 6.61 Å². The molecule has 1 N–H and O–H groups in total. The number of hydrogen-bond acceptors (Lipinski definition) is 5. The van der Waals surface area contributed by atoms with Gasteiger partial charge in [-0.1, -0.05) is 6.58 Å². The molecule has 0 unspecified atom stereocenters. The zero-order valence-electron chi connectivity index (χ0n) is 14.8. The Labute approximate surface area is 139 Å². The van der Waals surface area contributed by atoms with E-state index in [9.17, 15) is 14.7 Å². The molecule has 0 heterocycles. The predicted octanol–water partition coefficient (Wildman–Crippen LogP) is 3.00. The summed E-state index contributed by atoms with van der Waals surface area (Å²) in [6.07, 6.45) is 3.52. The molecule has 0 spiro atoms. The fourth-order valence-corrected chi connectivity index (χ4v) is 3.25. The van der Waals surface area contributed by atoms with E-state index in [1.165, 1.54) is 13.8 Å². The number of rotatable bonds is 7. The number of hydrogen-bond donors (Lipinski definition) is 1. The van der Waals surface area contributed by atoms with Crippen LogP contribution in [0.1, 0.15) is 59.8 Å². The summed E-state index contributed by atoms with van der Waals surface area (Å²) in [6, 6.07) is 0. The normalized spacial score (nSPS) is 25.1. The SMILES string of the molecule is C=C(C)[C@H](C[C@@](C)(O)C1CCC(COC(C)=O)CC1)OC(C)=O. The first-order chi connectivity index (χ1) is 10.6. The molecule has 5 heteroatoms. The Bertz CT molecular complexity index is 433. The highest BCUT2D eigenvalue weighted by Crippen LogP contribution is 2.38. The lowest BCUT2D eigenvalue weighted by Crippen LogP contribution is -2.41. The van der Waals surface area contributed by atoms with Crippen molar-refractivity contribution in [3.05, 3.63) is 12.2 Å². The lowest BCUT2D eigenvalue weighted by molar-refractivity contribution is -0.149. The maximum Gasteiger partial charge on any atom is 0.303 e. The Morgan fingerprint density at radius 1 is 1.17 bits per heavy atom. The summed E-state index contributed by atoms with van der Waals surface area (Å²) in [5, 5.41) is 10.9. The molecule has 132 valence electrons. The number of ether oxygens (including phenoxy) is 2. The van der Waals surface area contributed by atoms with Gasteiger partial charge in [0.25, 0.3) is 0 Å². The van der Waals surface area contributed by atoms with Crippen molar-refractivity contribution in [2.45, 2.75) is 71.5 Å². The number of carbonyl (C=O) groups is 2. The molecule has 0 aromatic carbocycles. The Morgan fingerprint density at radius 2 is 1.74 bits per heavy atom. The van der Waals surface area contributed by atoms with Gasteiger partial charge < -0.3 is 14.6 Å². The van der Waals surface area contributed by atoms with Crippen molar-refractivity contribution in [3.8, 4) is 0 Å². The van der Waals surface area contributed by atoms with Gasteiger partial charge in [0.2, 0.25) is 0 Å². The van der Waals surface area contributed by atoms with Crippen molar-refractivity contribution in [1.29, 1.82) is 0 Å². The third-order valence-electron chi connectivity index (χ3n) is 4.71. The van der Waals surface area contributed by atoms with E-state index in [1.807, 2.05) is 6.92 Å². The number of carbonyl (C=O) groups excluding carboxylic acids is 2. The van der Waals surface area contributed by atoms with Crippen molar-refractivity contribution >= 4 is 11.9 Å². The highest BCUT2D eigenvalue weighted by atomic mass is 16.5. The van der Waals surface area contributed by atoms with Crippen molar-refractivity contribution < 1.29 is 24.2 Å². The van der Waals surface area contributed by atoms with Crippen LogP contribution in [0.5, 0.6) is 0 Å². The van der Waals surface area contributed by atoms with E-state index in [2.05, 4.69) is 6.58 Å². The summed E-state index contributed by atoms with van der Waals surface area (Å²) in [6.45, 7) is 10.7. The molecule has 1 aliphatic rings. The zero-order chi connectivity index (χ0) is 17.6. The molecule has 0 bridgehead atoms. The van der Waals surface area contributed by atoms with E-state index in [0.717, 1.165) is 31.3 Å². The molecule has 23 heavy (non-hydrogen) atoms. The Kier molecular flexibility index (Phi) is 7.26. The van der Waals surface area contributed by atoms with Gasteiger partial charge >= 0.3 is 11.9 Å². The summed E-state index contributed by atoms with van der Waals surface area (Å²) < 4.78 is 10.3. The molecule has 0 saturated heterocycles. The van der Waals surface area contributed by atoms with E-state index >= 15 is 0 Å². The van der Waals surface area contributed by atoms with Crippen LogP contribution in [0.3, 0.4) is 0 Å². The lowest BCUT2D eigenvalue weighted by atomic mass is 9.72. The first-order valence-electron chi connectivity index (χ1n) is 8.30. The van der Waals surface area contributed by atoms with E-state index < -0.39 is 11.7 Å². The minimum Gasteiger partial charge on any atom is -0.466 e. The standard InChI is InChI=1S/C18H30O5/c1-12(2)17(23-14(4)20)10-18(5,21)16-8-6-15(7-9-16)11-22-13(3)19/h15-17,21H,1,6-11H2,2-5H3/t15?,16?,17-,18+/m0/s1. The molecule has 0 aromatic heterocycles. The van der Waals surface area contributed by atoms with Crippen LogP contribution in [-0.4, -0.2) is 35.4 Å². The molecule has 1 aliphatic carbocycles. The minimum atomic E-state index is -0.911. The summed E-state index contributed by atoms with van der Waals surface area (Å²) in [5.74, 6) is -0.0893. The quantitative estimate of drug-likeness (QED) is 0.575. The Morgan fingerprint density at radius 3 is 2.17 bits per heavy atom. The van der Waals surface area contributed by atoms with Gasteiger partial charge in [-0.2, -0.15) is 0 Å². The summed E-state index contributed by atoms with van der Waals surface area (Å²) in [5.41, 5.74) is -0.171. The van der Waals surface area contributed by atoms with Gasteiger partial charge in [0.05, 0.1) is 12.2 Å². The minimum absolute atomic E-state index is 0.147. The molecule has 2 atom stereocenters. The van der Waals surface area contributed by atoms with Gasteiger partial charge in [-0.25, -0.2) is 0 Å². The van der Waals surface area contributed by atoms with Gasteiger partial charge in [0.1, 0.15) is 6.10 Å². The van der Waals surface area contributed by atoms with Crippen LogP contribution in [0.4, 0.5) is 0 Å². The van der Waals surface area contributed by atoms with Gasteiger partial charge in [-0.15, -0.1) is 0 Å². The molecule has 1 rings (SSSR count). The van der Waals surface area contributed by atoms with E-state index in [1.54, 1.807) is 6.92 Å². The molecule has 0 aliphatic heterocycles. The van der Waals surface area contributed by atoms with Crippen molar-refractivity contribution in [1.82, 2.24) is 0 Å². The van der Waals surface area contributed by atoms with Crippen LogP contribution in [0, 0.1) is 11.8 Å². The maximum atomic E-state index is 11.2. The van der Waals surface area contributed by atoms with Crippen molar-refractivity contribution in [2.24, 2.45) is 11.8 Å². The Balaban J connectivity index is 2.55. The fraction of sp³-hybridized carbons (Fsp3) is 0.778. The van der Waals surface area contributed by atoms with Crippen molar-refractivity contribution in [3.63, 3.8) is 0 Å². The first kappa shape index (κ1) is 19.7. The molecular formula is C18H30O5. The Hall–Kier alpha value is -1.36. The molecule has 0 radical (unpaired) electrons. The smallest absolute Gasteiger partial charge is 0.303 e. The second-order valence-electron chi connectivity index (χ2n) is 7.03. The largest absolute Gasteiger partial charge is 0.466 e. The lowest BCUT2D eigenvalue weighted by Gasteiger charge is -2.39. The van der Waals surface area contributed by atoms with Gasteiger partial charge in [-0.05, 0) is 56.9 Å². The van der Waals surface area contributed by atoms with Crippen LogP contribution in [-0.2, 0) is 19.1 Å². The average molecular weight is 326 g/mol. The second kappa shape index (κ2) is 8.48. The predicted molar refractivity (Wildman–Crippen MR) is 87.7 cm³/mol. The molecule has 0 aromatic rings. The van der Waals surface area contributed by atoms with Gasteiger partial charge in [-0.3, -0.25) is 9.59 Å². The van der Waals surface area contributed by atoms with Gasteiger partial charge in [0.15, 0.2) is 0 Å². The monoisotopic (exact) mass is 326 g/mol. The summed E-state index contributed by atoms with van der Waals surface area (Å²) >= 11 is 0. The molecule has 0 amide bonds. The summed E-state index contributed by atoms with van der Waals surface area (Å²) in [7, 11) is 0. The average Bonchev–Trinajstić information content (AvgIpc) is 2.44. The van der Waals surface area contributed by atoms with Crippen LogP contribution < -0.4 is 0 Å². The third kappa shape index (κ3) is 6.73. The van der Waals surface area contributed by atoms with E-state index in [-0.39, 0.29) is 17.9 Å². The topological polar surface area (TPSA) is 72.8 Å². The van der Waals surface area contributed by atoms with Crippen LogP contribution in [0.15, 0.2) is 12.2 Å². The molecule has 1 fully saturated rings. The summed E-state index contributed by atoms with van der Waals surface area (Å²) in [4.78, 5) is 22.1. The van der Waals surface area contributed by atoms with Crippen LogP contribution >= 0.6 is 0 Å². The molecule has 1 saturated carbocycles. The highest BCUT2D eigenvalue weighted by molar-refractivity contribution is 5.66. The highest BCUT2D eigenvalue weighted by Gasteiger charge is 2.38. The number of aliphatic hydroxyl groups is 1. The first-order valence-corrected chi connectivity index (χ1v) is 8.30. The maximum absolute atomic E-state index is 11.2. The second-order valence-corrected chi connectivity index (χ2v) is 7.03. The van der Waals surface area contributed by atoms with E-state index in [4.69, 9.17) is 9.47 Å². The third-order valence-corrected chi connectivity index (χ3v) is 4.71. The van der Waals surface area contributed by atoms with E-state index in [0.29, 0.717) is 18.9 Å². The van der Waals surface area contributed by atoms with Gasteiger partial charge in [0, 0.05) is 20.3 Å². The molecular weight excluding hydrogens is 296 g/mol. The number of esters is 2. The fourth-order valence-electron chi connectivity index (χ4n) is 3.25. The van der Waals surface area contributed by atoms with Crippen LogP contribution in [0.2, 0.25) is 0 Å². The zero-order valence-corrected chi connectivity index (χ0v) is 14.8.